The molecule has 2 N–H and O–H groups in total. The van der Waals surface area contributed by atoms with Crippen molar-refractivity contribution in [3.05, 3.63) is 11.4 Å². The first-order valence-electron chi connectivity index (χ1n) is 5.92. The minimum atomic E-state index is -3.40. The third kappa shape index (κ3) is 2.69. The number of thiophene rings is 1. The number of anilines is 1. The molecule has 1 aromatic rings. The van der Waals surface area contributed by atoms with Gasteiger partial charge >= 0.3 is 0 Å². The molecule has 1 aromatic heterocycles. The average molecular weight is 289 g/mol. The van der Waals surface area contributed by atoms with Gasteiger partial charge < -0.3 is 10.6 Å². The first-order chi connectivity index (χ1) is 8.41. The second kappa shape index (κ2) is 5.16. The lowest BCUT2D eigenvalue weighted by Crippen LogP contribution is -2.47. The normalized spacial score (nSPS) is 22.5. The molecule has 7 heteroatoms. The van der Waals surface area contributed by atoms with Gasteiger partial charge in [0, 0.05) is 30.7 Å². The SMILES string of the molecule is CN1CCCC(N(C)S(=O)(=O)c2cc(N)cs2)C1. The van der Waals surface area contributed by atoms with Crippen LogP contribution in [0.25, 0.3) is 0 Å². The number of piperidine rings is 1. The zero-order valence-electron chi connectivity index (χ0n) is 10.7. The Morgan fingerprint density at radius 3 is 2.83 bits per heavy atom. The summed E-state index contributed by atoms with van der Waals surface area (Å²) in [5, 5.41) is 1.66. The Hall–Kier alpha value is -0.630. The summed E-state index contributed by atoms with van der Waals surface area (Å²) in [6, 6.07) is 1.58. The highest BCUT2D eigenvalue weighted by Gasteiger charge is 2.31. The van der Waals surface area contributed by atoms with E-state index in [1.54, 1.807) is 12.4 Å². The average Bonchev–Trinajstić information content (AvgIpc) is 2.75. The molecule has 2 heterocycles. The standard InChI is InChI=1S/C11H19N3O2S2/c1-13-5-3-4-10(7-13)14(2)18(15,16)11-6-9(12)8-17-11/h6,8,10H,3-5,7,12H2,1-2H3. The number of nitrogens with zero attached hydrogens (tertiary/aromatic N) is 2. The molecule has 0 saturated carbocycles. The van der Waals surface area contributed by atoms with E-state index in [0.29, 0.717) is 9.90 Å². The first-order valence-corrected chi connectivity index (χ1v) is 8.24. The summed E-state index contributed by atoms with van der Waals surface area (Å²) in [4.78, 5) is 2.17. The Kier molecular flexibility index (Phi) is 3.96. The van der Waals surface area contributed by atoms with Crippen molar-refractivity contribution in [2.75, 3.05) is 32.9 Å². The van der Waals surface area contributed by atoms with Crippen molar-refractivity contribution in [2.45, 2.75) is 23.1 Å². The molecule has 1 aliphatic heterocycles. The summed E-state index contributed by atoms with van der Waals surface area (Å²) in [6.07, 6.45) is 1.95. The highest BCUT2D eigenvalue weighted by Crippen LogP contribution is 2.27. The molecule has 1 atom stereocenters. The van der Waals surface area contributed by atoms with E-state index in [0.717, 1.165) is 25.9 Å². The third-order valence-electron chi connectivity index (χ3n) is 3.34. The van der Waals surface area contributed by atoms with Crippen molar-refractivity contribution in [3.63, 3.8) is 0 Å². The number of likely N-dealkylation sites (tertiary alicyclic amines) is 1. The molecule has 18 heavy (non-hydrogen) atoms. The van der Waals surface area contributed by atoms with Crippen molar-refractivity contribution in [2.24, 2.45) is 0 Å². The maximum absolute atomic E-state index is 12.4. The number of hydrogen-bond donors (Lipinski definition) is 1. The molecule has 2 rings (SSSR count). The van der Waals surface area contributed by atoms with Gasteiger partial charge in [0.15, 0.2) is 0 Å². The quantitative estimate of drug-likeness (QED) is 0.903. The Balaban J connectivity index is 2.19. The van der Waals surface area contributed by atoms with Gasteiger partial charge in [-0.2, -0.15) is 4.31 Å². The van der Waals surface area contributed by atoms with Crippen LogP contribution in [0.15, 0.2) is 15.7 Å². The maximum atomic E-state index is 12.4. The molecular weight excluding hydrogens is 270 g/mol. The largest absolute Gasteiger partial charge is 0.398 e. The lowest BCUT2D eigenvalue weighted by molar-refractivity contribution is 0.188. The van der Waals surface area contributed by atoms with Gasteiger partial charge in [-0.3, -0.25) is 0 Å². The van der Waals surface area contributed by atoms with Crippen LogP contribution >= 0.6 is 11.3 Å². The molecule has 5 nitrogen and oxygen atoms in total. The predicted octanol–water partition coefficient (Wildman–Crippen LogP) is 1.05. The summed E-state index contributed by atoms with van der Waals surface area (Å²) in [6.45, 7) is 1.83. The van der Waals surface area contributed by atoms with Crippen LogP contribution in [-0.4, -0.2) is 50.8 Å². The molecule has 0 bridgehead atoms. The minimum absolute atomic E-state index is 0.0528. The number of hydrogen-bond acceptors (Lipinski definition) is 5. The van der Waals surface area contributed by atoms with E-state index in [9.17, 15) is 8.42 Å². The Bertz CT molecular complexity index is 512. The minimum Gasteiger partial charge on any atom is -0.398 e. The lowest BCUT2D eigenvalue weighted by Gasteiger charge is -2.34. The van der Waals surface area contributed by atoms with Crippen LogP contribution < -0.4 is 5.73 Å². The molecule has 0 spiro atoms. The van der Waals surface area contributed by atoms with Gasteiger partial charge in [-0.05, 0) is 32.5 Å². The summed E-state index contributed by atoms with van der Waals surface area (Å²) in [5.41, 5.74) is 6.10. The zero-order chi connectivity index (χ0) is 13.3. The van der Waals surface area contributed by atoms with Crippen molar-refractivity contribution in [1.82, 2.24) is 9.21 Å². The summed E-state index contributed by atoms with van der Waals surface area (Å²) >= 11 is 1.18. The molecule has 1 aliphatic rings. The van der Waals surface area contributed by atoms with Crippen molar-refractivity contribution >= 4 is 27.0 Å². The number of rotatable bonds is 3. The predicted molar refractivity (Wildman–Crippen MR) is 74.2 cm³/mol. The summed E-state index contributed by atoms with van der Waals surface area (Å²) in [7, 11) is 0.289. The molecule has 1 fully saturated rings. The lowest BCUT2D eigenvalue weighted by atomic mass is 10.1. The molecule has 0 radical (unpaired) electrons. The van der Waals surface area contributed by atoms with Crippen LogP contribution in [0.2, 0.25) is 0 Å². The first kappa shape index (κ1) is 13.8. The third-order valence-corrected chi connectivity index (χ3v) is 6.69. The van der Waals surface area contributed by atoms with E-state index in [1.165, 1.54) is 21.7 Å². The molecule has 0 amide bonds. The van der Waals surface area contributed by atoms with Crippen LogP contribution in [0.3, 0.4) is 0 Å². The van der Waals surface area contributed by atoms with E-state index < -0.39 is 10.0 Å². The van der Waals surface area contributed by atoms with Gasteiger partial charge in [-0.15, -0.1) is 11.3 Å². The Labute approximate surface area is 112 Å². The Morgan fingerprint density at radius 1 is 1.56 bits per heavy atom. The van der Waals surface area contributed by atoms with Crippen LogP contribution in [-0.2, 0) is 10.0 Å². The fraction of sp³-hybridized carbons (Fsp3) is 0.636. The van der Waals surface area contributed by atoms with E-state index in [4.69, 9.17) is 5.73 Å². The Morgan fingerprint density at radius 2 is 2.28 bits per heavy atom. The van der Waals surface area contributed by atoms with E-state index in [-0.39, 0.29) is 6.04 Å². The highest BCUT2D eigenvalue weighted by atomic mass is 32.2. The molecular formula is C11H19N3O2S2. The second-order valence-electron chi connectivity index (χ2n) is 4.78. The van der Waals surface area contributed by atoms with Crippen LogP contribution in [0.5, 0.6) is 0 Å². The molecule has 102 valence electrons. The number of sulfonamides is 1. The van der Waals surface area contributed by atoms with E-state index in [2.05, 4.69) is 4.90 Å². The van der Waals surface area contributed by atoms with Gasteiger partial charge in [0.25, 0.3) is 10.0 Å². The molecule has 0 aromatic carbocycles. The molecule has 0 aliphatic carbocycles. The molecule has 1 unspecified atom stereocenters. The smallest absolute Gasteiger partial charge is 0.252 e. The van der Waals surface area contributed by atoms with Crippen LogP contribution in [0, 0.1) is 0 Å². The monoisotopic (exact) mass is 289 g/mol. The maximum Gasteiger partial charge on any atom is 0.252 e. The fourth-order valence-electron chi connectivity index (χ4n) is 2.24. The van der Waals surface area contributed by atoms with Crippen LogP contribution in [0.4, 0.5) is 5.69 Å². The summed E-state index contributed by atoms with van der Waals surface area (Å²) in [5.74, 6) is 0. The van der Waals surface area contributed by atoms with E-state index in [1.807, 2.05) is 7.05 Å². The van der Waals surface area contributed by atoms with Crippen molar-refractivity contribution in [3.8, 4) is 0 Å². The zero-order valence-corrected chi connectivity index (χ0v) is 12.3. The van der Waals surface area contributed by atoms with Gasteiger partial charge in [0.1, 0.15) is 4.21 Å². The molecule has 1 saturated heterocycles. The van der Waals surface area contributed by atoms with Crippen molar-refractivity contribution in [1.29, 1.82) is 0 Å². The summed E-state index contributed by atoms with van der Waals surface area (Å²) < 4.78 is 26.7. The second-order valence-corrected chi connectivity index (χ2v) is 7.91. The topological polar surface area (TPSA) is 66.6 Å². The van der Waals surface area contributed by atoms with Gasteiger partial charge in [-0.25, -0.2) is 8.42 Å². The van der Waals surface area contributed by atoms with Gasteiger partial charge in [0.2, 0.25) is 0 Å². The van der Waals surface area contributed by atoms with E-state index >= 15 is 0 Å². The fourth-order valence-corrected chi connectivity index (χ4v) is 4.88. The number of likely N-dealkylation sites (N-methyl/N-ethyl adjacent to an activating group) is 2. The van der Waals surface area contributed by atoms with Crippen LogP contribution in [0.1, 0.15) is 12.8 Å². The highest BCUT2D eigenvalue weighted by molar-refractivity contribution is 7.91. The van der Waals surface area contributed by atoms with Crippen molar-refractivity contribution < 1.29 is 8.42 Å². The number of nitrogens with two attached hydrogens (primary N) is 1. The van der Waals surface area contributed by atoms with Gasteiger partial charge in [-0.1, -0.05) is 0 Å². The number of nitrogen functional groups attached to an aromatic ring is 1. The van der Waals surface area contributed by atoms with Gasteiger partial charge in [0.05, 0.1) is 0 Å².